The molecule has 116 valence electrons. The lowest BCUT2D eigenvalue weighted by atomic mass is 9.79. The van der Waals surface area contributed by atoms with Gasteiger partial charge in [0.05, 0.1) is 6.10 Å². The van der Waals surface area contributed by atoms with Gasteiger partial charge < -0.3 is 5.11 Å². The van der Waals surface area contributed by atoms with Crippen LogP contribution in [0.1, 0.15) is 51.0 Å². The van der Waals surface area contributed by atoms with E-state index in [0.717, 1.165) is 31.1 Å². The summed E-state index contributed by atoms with van der Waals surface area (Å²) in [5, 5.41) is 10.5. The molecule has 0 spiro atoms. The van der Waals surface area contributed by atoms with Gasteiger partial charge in [0.15, 0.2) is 0 Å². The standard InChI is InChI=1S/C19H29NO/c1-14(2)17-10-11-20(13-17)18-12-16(8-9-19(18)21)15-6-4-3-5-7-15/h3-7,14,16-19,21H,8-13H2,1-2H3. The van der Waals surface area contributed by atoms with Crippen LogP contribution in [-0.2, 0) is 0 Å². The Morgan fingerprint density at radius 2 is 1.86 bits per heavy atom. The first-order chi connectivity index (χ1) is 10.1. The first-order valence-corrected chi connectivity index (χ1v) is 8.62. The molecule has 0 amide bonds. The van der Waals surface area contributed by atoms with E-state index in [2.05, 4.69) is 49.1 Å². The van der Waals surface area contributed by atoms with E-state index in [1.807, 2.05) is 0 Å². The van der Waals surface area contributed by atoms with E-state index >= 15 is 0 Å². The number of rotatable bonds is 3. The van der Waals surface area contributed by atoms with Crippen molar-refractivity contribution in [3.05, 3.63) is 35.9 Å². The van der Waals surface area contributed by atoms with Crippen molar-refractivity contribution in [1.82, 2.24) is 4.90 Å². The lowest BCUT2D eigenvalue weighted by Crippen LogP contribution is -2.46. The molecular formula is C19H29NO. The average molecular weight is 287 g/mol. The lowest BCUT2D eigenvalue weighted by molar-refractivity contribution is 0.0219. The van der Waals surface area contributed by atoms with Gasteiger partial charge in [-0.15, -0.1) is 0 Å². The van der Waals surface area contributed by atoms with Crippen LogP contribution < -0.4 is 0 Å². The van der Waals surface area contributed by atoms with Crippen LogP contribution >= 0.6 is 0 Å². The summed E-state index contributed by atoms with van der Waals surface area (Å²) >= 11 is 0. The van der Waals surface area contributed by atoms with Crippen molar-refractivity contribution < 1.29 is 5.11 Å². The fraction of sp³-hybridized carbons (Fsp3) is 0.684. The number of hydrogen-bond acceptors (Lipinski definition) is 2. The summed E-state index contributed by atoms with van der Waals surface area (Å²) in [4.78, 5) is 2.57. The summed E-state index contributed by atoms with van der Waals surface area (Å²) in [7, 11) is 0. The highest BCUT2D eigenvalue weighted by molar-refractivity contribution is 5.20. The fourth-order valence-corrected chi connectivity index (χ4v) is 4.21. The van der Waals surface area contributed by atoms with Gasteiger partial charge in [0.1, 0.15) is 0 Å². The summed E-state index contributed by atoms with van der Waals surface area (Å²) in [6.07, 6.45) is 4.37. The predicted molar refractivity (Wildman–Crippen MR) is 87.3 cm³/mol. The van der Waals surface area contributed by atoms with Crippen LogP contribution in [0.3, 0.4) is 0 Å². The monoisotopic (exact) mass is 287 g/mol. The van der Waals surface area contributed by atoms with E-state index in [-0.39, 0.29) is 6.10 Å². The van der Waals surface area contributed by atoms with Gasteiger partial charge >= 0.3 is 0 Å². The summed E-state index contributed by atoms with van der Waals surface area (Å²) < 4.78 is 0. The van der Waals surface area contributed by atoms with Crippen LogP contribution in [0.25, 0.3) is 0 Å². The Hall–Kier alpha value is -0.860. The van der Waals surface area contributed by atoms with Crippen LogP contribution in [-0.4, -0.2) is 35.2 Å². The maximum atomic E-state index is 10.5. The molecule has 1 heterocycles. The van der Waals surface area contributed by atoms with Crippen LogP contribution in [0.4, 0.5) is 0 Å². The van der Waals surface area contributed by atoms with Crippen LogP contribution in [0.15, 0.2) is 30.3 Å². The quantitative estimate of drug-likeness (QED) is 0.917. The largest absolute Gasteiger partial charge is 0.391 e. The number of aliphatic hydroxyl groups excluding tert-OH is 1. The van der Waals surface area contributed by atoms with Gasteiger partial charge in [-0.1, -0.05) is 44.2 Å². The van der Waals surface area contributed by atoms with Crippen molar-refractivity contribution in [3.8, 4) is 0 Å². The second kappa shape index (κ2) is 6.50. The highest BCUT2D eigenvalue weighted by Gasteiger charge is 2.37. The van der Waals surface area contributed by atoms with Crippen molar-refractivity contribution in [2.75, 3.05) is 13.1 Å². The topological polar surface area (TPSA) is 23.5 Å². The maximum absolute atomic E-state index is 10.5. The molecule has 4 unspecified atom stereocenters. The zero-order valence-electron chi connectivity index (χ0n) is 13.4. The van der Waals surface area contributed by atoms with E-state index in [0.29, 0.717) is 12.0 Å². The molecule has 2 aliphatic rings. The smallest absolute Gasteiger partial charge is 0.0695 e. The van der Waals surface area contributed by atoms with Crippen molar-refractivity contribution >= 4 is 0 Å². The second-order valence-electron chi connectivity index (χ2n) is 7.34. The van der Waals surface area contributed by atoms with E-state index in [1.54, 1.807) is 0 Å². The van der Waals surface area contributed by atoms with Gasteiger partial charge in [-0.25, -0.2) is 0 Å². The predicted octanol–water partition coefficient (Wildman–Crippen LogP) is 3.66. The minimum atomic E-state index is -0.129. The van der Waals surface area contributed by atoms with Gasteiger partial charge in [0.2, 0.25) is 0 Å². The van der Waals surface area contributed by atoms with Gasteiger partial charge in [0.25, 0.3) is 0 Å². The SMILES string of the molecule is CC(C)C1CCN(C2CC(c3ccccc3)CCC2O)C1. The van der Waals surface area contributed by atoms with E-state index < -0.39 is 0 Å². The molecule has 3 rings (SSSR count). The summed E-state index contributed by atoms with van der Waals surface area (Å²) in [6.45, 7) is 7.02. The minimum absolute atomic E-state index is 0.129. The first-order valence-electron chi connectivity index (χ1n) is 8.62. The molecule has 2 heteroatoms. The Kier molecular flexibility index (Phi) is 4.66. The summed E-state index contributed by atoms with van der Waals surface area (Å²) in [5.74, 6) is 2.20. The van der Waals surface area contributed by atoms with E-state index in [4.69, 9.17) is 0 Å². The molecule has 0 aromatic heterocycles. The number of benzene rings is 1. The normalized spacial score (nSPS) is 34.5. The molecule has 1 aromatic rings. The van der Waals surface area contributed by atoms with Gasteiger partial charge in [0, 0.05) is 12.6 Å². The third-order valence-corrected chi connectivity index (χ3v) is 5.72. The average Bonchev–Trinajstić information content (AvgIpc) is 2.98. The molecule has 1 aliphatic heterocycles. The lowest BCUT2D eigenvalue weighted by Gasteiger charge is -2.39. The Morgan fingerprint density at radius 1 is 1.10 bits per heavy atom. The minimum Gasteiger partial charge on any atom is -0.391 e. The Balaban J connectivity index is 1.67. The summed E-state index contributed by atoms with van der Waals surface area (Å²) in [6, 6.07) is 11.2. The van der Waals surface area contributed by atoms with Crippen molar-refractivity contribution in [1.29, 1.82) is 0 Å². The molecule has 21 heavy (non-hydrogen) atoms. The fourth-order valence-electron chi connectivity index (χ4n) is 4.21. The second-order valence-corrected chi connectivity index (χ2v) is 7.34. The van der Waals surface area contributed by atoms with E-state index in [1.165, 1.54) is 25.1 Å². The van der Waals surface area contributed by atoms with Gasteiger partial charge in [-0.05, 0) is 55.5 Å². The molecule has 1 N–H and O–H groups in total. The van der Waals surface area contributed by atoms with Crippen molar-refractivity contribution in [2.45, 2.75) is 57.6 Å². The molecule has 4 atom stereocenters. The van der Waals surface area contributed by atoms with Gasteiger partial charge in [-0.2, -0.15) is 0 Å². The zero-order chi connectivity index (χ0) is 14.8. The third kappa shape index (κ3) is 3.32. The number of aliphatic hydroxyl groups is 1. The molecule has 2 nitrogen and oxygen atoms in total. The Morgan fingerprint density at radius 3 is 2.52 bits per heavy atom. The van der Waals surface area contributed by atoms with Crippen molar-refractivity contribution in [3.63, 3.8) is 0 Å². The molecule has 1 aliphatic carbocycles. The number of likely N-dealkylation sites (tertiary alicyclic amines) is 1. The van der Waals surface area contributed by atoms with Crippen molar-refractivity contribution in [2.24, 2.45) is 11.8 Å². The zero-order valence-corrected chi connectivity index (χ0v) is 13.4. The molecule has 1 aromatic carbocycles. The first kappa shape index (κ1) is 15.1. The Labute approximate surface area is 129 Å². The number of hydrogen-bond donors (Lipinski definition) is 1. The molecule has 0 radical (unpaired) electrons. The van der Waals surface area contributed by atoms with Crippen LogP contribution in [0, 0.1) is 11.8 Å². The Bertz CT molecular complexity index is 444. The molecule has 1 saturated heterocycles. The maximum Gasteiger partial charge on any atom is 0.0695 e. The van der Waals surface area contributed by atoms with Gasteiger partial charge in [-0.3, -0.25) is 4.90 Å². The molecule has 0 bridgehead atoms. The molecular weight excluding hydrogens is 258 g/mol. The summed E-state index contributed by atoms with van der Waals surface area (Å²) in [5.41, 5.74) is 1.45. The van der Waals surface area contributed by atoms with Crippen LogP contribution in [0.5, 0.6) is 0 Å². The van der Waals surface area contributed by atoms with E-state index in [9.17, 15) is 5.11 Å². The van der Waals surface area contributed by atoms with Crippen LogP contribution in [0.2, 0.25) is 0 Å². The highest BCUT2D eigenvalue weighted by atomic mass is 16.3. The number of nitrogens with zero attached hydrogens (tertiary/aromatic N) is 1. The molecule has 1 saturated carbocycles. The molecule has 2 fully saturated rings. The third-order valence-electron chi connectivity index (χ3n) is 5.72. The highest BCUT2D eigenvalue weighted by Crippen LogP contribution is 2.37.